The highest BCUT2D eigenvalue weighted by Crippen LogP contribution is 2.37. The topological polar surface area (TPSA) is 35.5 Å². The van der Waals surface area contributed by atoms with Crippen molar-refractivity contribution in [1.29, 1.82) is 0 Å². The maximum atomic E-state index is 10.3. The molecule has 0 aliphatic heterocycles. The van der Waals surface area contributed by atoms with Crippen molar-refractivity contribution in [3.05, 3.63) is 34.9 Å². The van der Waals surface area contributed by atoms with Gasteiger partial charge in [-0.15, -0.1) is 0 Å². The van der Waals surface area contributed by atoms with Crippen molar-refractivity contribution >= 4 is 11.6 Å². The van der Waals surface area contributed by atoms with Gasteiger partial charge < -0.3 is 15.3 Å². The van der Waals surface area contributed by atoms with Crippen molar-refractivity contribution in [3.8, 4) is 0 Å². The van der Waals surface area contributed by atoms with Crippen LogP contribution in [-0.2, 0) is 0 Å². The molecule has 2 N–H and O–H groups in total. The van der Waals surface area contributed by atoms with E-state index in [0.29, 0.717) is 25.0 Å². The number of hydrogen-bond donors (Lipinski definition) is 2. The van der Waals surface area contributed by atoms with E-state index in [1.165, 1.54) is 5.56 Å². The Morgan fingerprint density at radius 3 is 2.70 bits per heavy atom. The van der Waals surface area contributed by atoms with Gasteiger partial charge in [-0.1, -0.05) is 23.7 Å². The Labute approximate surface area is 126 Å². The number of nitrogens with zero attached hydrogens (tertiary/aromatic N) is 1. The van der Waals surface area contributed by atoms with Gasteiger partial charge in [0, 0.05) is 24.2 Å². The number of aliphatic hydroxyl groups is 1. The Bertz CT molecular complexity index is 442. The van der Waals surface area contributed by atoms with Crippen LogP contribution >= 0.6 is 11.6 Å². The second-order valence-electron chi connectivity index (χ2n) is 6.54. The fraction of sp³-hybridized carbons (Fsp3) is 0.625. The van der Waals surface area contributed by atoms with Gasteiger partial charge in [0.2, 0.25) is 0 Å². The second kappa shape index (κ2) is 6.44. The minimum atomic E-state index is -0.676. The molecule has 1 aliphatic rings. The third-order valence-electron chi connectivity index (χ3n) is 3.89. The zero-order chi connectivity index (χ0) is 14.8. The third-order valence-corrected chi connectivity index (χ3v) is 4.12. The molecule has 2 rings (SSSR count). The average molecular weight is 297 g/mol. The van der Waals surface area contributed by atoms with Crippen LogP contribution in [0.2, 0.25) is 5.02 Å². The van der Waals surface area contributed by atoms with E-state index >= 15 is 0 Å². The molecule has 1 fully saturated rings. The summed E-state index contributed by atoms with van der Waals surface area (Å²) in [6.07, 6.45) is 2.25. The monoisotopic (exact) mass is 296 g/mol. The standard InChI is InChI=1S/C16H25ClN2O/c1-16(20,11-19(2)3)10-18-15-8-13(9-15)12-5-4-6-14(17)7-12/h4-7,13,15,18,20H,8-11H2,1-3H3. The summed E-state index contributed by atoms with van der Waals surface area (Å²) in [4.78, 5) is 2.01. The molecule has 0 amide bonds. The van der Waals surface area contributed by atoms with E-state index < -0.39 is 5.60 Å². The molecule has 20 heavy (non-hydrogen) atoms. The molecular formula is C16H25ClN2O. The summed E-state index contributed by atoms with van der Waals surface area (Å²) in [7, 11) is 3.96. The highest BCUT2D eigenvalue weighted by Gasteiger charge is 2.32. The van der Waals surface area contributed by atoms with Gasteiger partial charge in [0.05, 0.1) is 5.60 Å². The first-order valence-corrected chi connectivity index (χ1v) is 7.59. The summed E-state index contributed by atoms with van der Waals surface area (Å²) in [6, 6.07) is 8.64. The van der Waals surface area contributed by atoms with Gasteiger partial charge in [-0.2, -0.15) is 0 Å². The molecule has 1 unspecified atom stereocenters. The fourth-order valence-corrected chi connectivity index (χ4v) is 3.12. The van der Waals surface area contributed by atoms with Crippen LogP contribution in [0.4, 0.5) is 0 Å². The molecule has 0 bridgehead atoms. The molecule has 4 heteroatoms. The normalized spacial score (nSPS) is 25.3. The second-order valence-corrected chi connectivity index (χ2v) is 6.97. The molecule has 0 heterocycles. The van der Waals surface area contributed by atoms with Crippen LogP contribution in [0, 0.1) is 0 Å². The minimum Gasteiger partial charge on any atom is -0.388 e. The molecule has 0 aromatic heterocycles. The van der Waals surface area contributed by atoms with Crippen molar-refractivity contribution in [2.75, 3.05) is 27.2 Å². The first-order chi connectivity index (χ1) is 9.35. The first-order valence-electron chi connectivity index (χ1n) is 7.22. The number of likely N-dealkylation sites (N-methyl/N-ethyl adjacent to an activating group) is 1. The van der Waals surface area contributed by atoms with Gasteiger partial charge in [0.15, 0.2) is 0 Å². The molecular weight excluding hydrogens is 272 g/mol. The average Bonchev–Trinajstić information content (AvgIpc) is 2.24. The van der Waals surface area contributed by atoms with Gasteiger partial charge in [-0.3, -0.25) is 0 Å². The van der Waals surface area contributed by atoms with Crippen molar-refractivity contribution in [1.82, 2.24) is 10.2 Å². The smallest absolute Gasteiger partial charge is 0.0869 e. The van der Waals surface area contributed by atoms with E-state index in [-0.39, 0.29) is 0 Å². The van der Waals surface area contributed by atoms with Crippen LogP contribution in [0.5, 0.6) is 0 Å². The van der Waals surface area contributed by atoms with Gasteiger partial charge >= 0.3 is 0 Å². The number of nitrogens with one attached hydrogen (secondary N) is 1. The van der Waals surface area contributed by atoms with Crippen molar-refractivity contribution < 1.29 is 5.11 Å². The predicted octanol–water partition coefficient (Wildman–Crippen LogP) is 2.49. The molecule has 112 valence electrons. The van der Waals surface area contributed by atoms with Crippen LogP contribution in [0.25, 0.3) is 0 Å². The Morgan fingerprint density at radius 2 is 2.10 bits per heavy atom. The van der Waals surface area contributed by atoms with Gasteiger partial charge in [-0.25, -0.2) is 0 Å². The number of hydrogen-bond acceptors (Lipinski definition) is 3. The van der Waals surface area contributed by atoms with Crippen LogP contribution in [-0.4, -0.2) is 48.8 Å². The first kappa shape index (κ1) is 15.8. The third kappa shape index (κ3) is 4.45. The quantitative estimate of drug-likeness (QED) is 0.847. The van der Waals surface area contributed by atoms with E-state index in [2.05, 4.69) is 17.4 Å². The van der Waals surface area contributed by atoms with Crippen molar-refractivity contribution in [3.63, 3.8) is 0 Å². The zero-order valence-corrected chi connectivity index (χ0v) is 13.3. The van der Waals surface area contributed by atoms with Crippen LogP contribution in [0.3, 0.4) is 0 Å². The molecule has 1 saturated carbocycles. The van der Waals surface area contributed by atoms with Gasteiger partial charge in [0.25, 0.3) is 0 Å². The summed E-state index contributed by atoms with van der Waals surface area (Å²) < 4.78 is 0. The lowest BCUT2D eigenvalue weighted by molar-refractivity contribution is 0.0278. The summed E-state index contributed by atoms with van der Waals surface area (Å²) >= 11 is 6.02. The maximum absolute atomic E-state index is 10.3. The zero-order valence-electron chi connectivity index (χ0n) is 12.6. The van der Waals surface area contributed by atoms with E-state index in [4.69, 9.17) is 11.6 Å². The molecule has 1 aromatic carbocycles. The lowest BCUT2D eigenvalue weighted by atomic mass is 9.75. The van der Waals surface area contributed by atoms with E-state index in [1.807, 2.05) is 38.1 Å². The Balaban J connectivity index is 1.74. The summed E-state index contributed by atoms with van der Waals surface area (Å²) in [5, 5.41) is 14.5. The summed E-state index contributed by atoms with van der Waals surface area (Å²) in [5.41, 5.74) is 0.653. The largest absolute Gasteiger partial charge is 0.388 e. The lowest BCUT2D eigenvalue weighted by Gasteiger charge is -2.38. The minimum absolute atomic E-state index is 0.507. The Kier molecular flexibility index (Phi) is 5.08. The van der Waals surface area contributed by atoms with Gasteiger partial charge in [0.1, 0.15) is 0 Å². The van der Waals surface area contributed by atoms with E-state index in [9.17, 15) is 5.11 Å². The number of rotatable bonds is 6. The molecule has 1 aliphatic carbocycles. The Hall–Kier alpha value is -0.610. The number of benzene rings is 1. The summed E-state index contributed by atoms with van der Waals surface area (Å²) in [5.74, 6) is 0.602. The number of halogens is 1. The highest BCUT2D eigenvalue weighted by molar-refractivity contribution is 6.30. The van der Waals surface area contributed by atoms with Gasteiger partial charge in [-0.05, 0) is 57.5 Å². The molecule has 1 aromatic rings. The van der Waals surface area contributed by atoms with E-state index in [1.54, 1.807) is 0 Å². The molecule has 0 saturated heterocycles. The Morgan fingerprint density at radius 1 is 1.40 bits per heavy atom. The molecule has 1 atom stereocenters. The predicted molar refractivity (Wildman–Crippen MR) is 84.4 cm³/mol. The molecule has 3 nitrogen and oxygen atoms in total. The highest BCUT2D eigenvalue weighted by atomic mass is 35.5. The molecule has 0 spiro atoms. The van der Waals surface area contributed by atoms with Crippen molar-refractivity contribution in [2.24, 2.45) is 0 Å². The fourth-order valence-electron chi connectivity index (χ4n) is 2.92. The lowest BCUT2D eigenvalue weighted by Crippen LogP contribution is -2.50. The van der Waals surface area contributed by atoms with Crippen LogP contribution < -0.4 is 5.32 Å². The summed E-state index contributed by atoms with van der Waals surface area (Å²) in [6.45, 7) is 3.19. The molecule has 0 radical (unpaired) electrons. The van der Waals surface area contributed by atoms with Crippen LogP contribution in [0.15, 0.2) is 24.3 Å². The van der Waals surface area contributed by atoms with Crippen LogP contribution in [0.1, 0.15) is 31.2 Å². The SMILES string of the molecule is CN(C)CC(C)(O)CNC1CC(c2cccc(Cl)c2)C1. The maximum Gasteiger partial charge on any atom is 0.0869 e. The van der Waals surface area contributed by atoms with E-state index in [0.717, 1.165) is 17.9 Å². The van der Waals surface area contributed by atoms with Crippen molar-refractivity contribution in [2.45, 2.75) is 37.3 Å².